The van der Waals surface area contributed by atoms with Crippen LogP contribution in [0.4, 0.5) is 0 Å². The molecule has 0 aromatic heterocycles. The second-order valence-electron chi connectivity index (χ2n) is 3.94. The Hall–Kier alpha value is -1.51. The maximum atomic E-state index is 10.4. The van der Waals surface area contributed by atoms with E-state index in [0.29, 0.717) is 18.6 Å². The van der Waals surface area contributed by atoms with Crippen molar-refractivity contribution in [3.05, 3.63) is 22.3 Å². The van der Waals surface area contributed by atoms with Gasteiger partial charge in [0.05, 0.1) is 7.11 Å². The molecule has 0 saturated heterocycles. The van der Waals surface area contributed by atoms with Gasteiger partial charge in [-0.05, 0) is 43.9 Å². The van der Waals surface area contributed by atoms with Gasteiger partial charge in [0, 0.05) is 12.0 Å². The molecule has 3 heteroatoms. The summed E-state index contributed by atoms with van der Waals surface area (Å²) >= 11 is 0. The summed E-state index contributed by atoms with van der Waals surface area (Å²) in [6, 6.07) is 0. The zero-order chi connectivity index (χ0) is 12.3. The molecule has 0 spiro atoms. The maximum absolute atomic E-state index is 10.4. The minimum absolute atomic E-state index is 0.305. The van der Waals surface area contributed by atoms with E-state index in [2.05, 4.69) is 0 Å². The van der Waals surface area contributed by atoms with E-state index in [4.69, 9.17) is 4.74 Å². The third kappa shape index (κ3) is 2.03. The average molecular weight is 222 g/mol. The molecular weight excluding hydrogens is 204 g/mol. The van der Waals surface area contributed by atoms with Crippen molar-refractivity contribution >= 4 is 6.29 Å². The normalized spacial score (nSPS) is 10.2. The number of phenols is 1. The number of ether oxygens (including phenoxy) is 1. The third-order valence-corrected chi connectivity index (χ3v) is 3.06. The molecule has 0 atom stereocenters. The van der Waals surface area contributed by atoms with Crippen LogP contribution in [0.15, 0.2) is 0 Å². The van der Waals surface area contributed by atoms with E-state index in [9.17, 15) is 9.90 Å². The van der Waals surface area contributed by atoms with E-state index in [0.717, 1.165) is 34.3 Å². The van der Waals surface area contributed by atoms with E-state index in [1.165, 1.54) is 0 Å². The Kier molecular flexibility index (Phi) is 3.93. The Bertz CT molecular complexity index is 408. The van der Waals surface area contributed by atoms with Crippen LogP contribution in [0, 0.1) is 20.8 Å². The first kappa shape index (κ1) is 12.6. The van der Waals surface area contributed by atoms with Gasteiger partial charge in [-0.2, -0.15) is 0 Å². The quantitative estimate of drug-likeness (QED) is 0.796. The van der Waals surface area contributed by atoms with E-state index < -0.39 is 0 Å². The van der Waals surface area contributed by atoms with Crippen molar-refractivity contribution in [3.8, 4) is 11.5 Å². The highest BCUT2D eigenvalue weighted by molar-refractivity contribution is 5.59. The van der Waals surface area contributed by atoms with Gasteiger partial charge in [-0.15, -0.1) is 0 Å². The molecule has 0 aliphatic rings. The van der Waals surface area contributed by atoms with Gasteiger partial charge in [0.25, 0.3) is 0 Å². The van der Waals surface area contributed by atoms with Gasteiger partial charge in [-0.3, -0.25) is 0 Å². The Morgan fingerprint density at radius 1 is 1.19 bits per heavy atom. The second-order valence-corrected chi connectivity index (χ2v) is 3.94. The molecule has 0 radical (unpaired) electrons. The topological polar surface area (TPSA) is 46.5 Å². The fourth-order valence-electron chi connectivity index (χ4n) is 1.95. The summed E-state index contributed by atoms with van der Waals surface area (Å²) < 4.78 is 5.36. The van der Waals surface area contributed by atoms with Gasteiger partial charge in [0.2, 0.25) is 0 Å². The van der Waals surface area contributed by atoms with Crippen LogP contribution in [-0.2, 0) is 11.2 Å². The molecule has 0 heterocycles. The Labute approximate surface area is 96.1 Å². The fourth-order valence-corrected chi connectivity index (χ4v) is 1.95. The molecule has 0 unspecified atom stereocenters. The van der Waals surface area contributed by atoms with Crippen LogP contribution in [0.25, 0.3) is 0 Å². The summed E-state index contributed by atoms with van der Waals surface area (Å²) in [6.45, 7) is 5.63. The molecule has 1 rings (SSSR count). The molecule has 0 fully saturated rings. The van der Waals surface area contributed by atoms with Crippen molar-refractivity contribution in [1.82, 2.24) is 0 Å². The lowest BCUT2D eigenvalue weighted by Gasteiger charge is -2.17. The number of carbonyl (C=O) groups is 1. The zero-order valence-corrected chi connectivity index (χ0v) is 10.3. The summed E-state index contributed by atoms with van der Waals surface area (Å²) in [5, 5.41) is 9.94. The molecule has 0 aliphatic heterocycles. The minimum atomic E-state index is 0.305. The number of aromatic hydroxyl groups is 1. The van der Waals surface area contributed by atoms with Crippen molar-refractivity contribution in [2.75, 3.05) is 7.11 Å². The summed E-state index contributed by atoms with van der Waals surface area (Å²) in [6.07, 6.45) is 1.93. The summed E-state index contributed by atoms with van der Waals surface area (Å²) in [4.78, 5) is 10.4. The van der Waals surface area contributed by atoms with Crippen LogP contribution < -0.4 is 4.74 Å². The molecule has 0 aliphatic carbocycles. The van der Waals surface area contributed by atoms with Crippen LogP contribution in [0.3, 0.4) is 0 Å². The average Bonchev–Trinajstić information content (AvgIpc) is 2.29. The minimum Gasteiger partial charge on any atom is -0.507 e. The zero-order valence-electron chi connectivity index (χ0n) is 10.3. The lowest BCUT2D eigenvalue weighted by Crippen LogP contribution is -2.01. The largest absolute Gasteiger partial charge is 0.507 e. The first-order valence-corrected chi connectivity index (χ1v) is 5.33. The van der Waals surface area contributed by atoms with Crippen LogP contribution >= 0.6 is 0 Å². The number of rotatable bonds is 4. The van der Waals surface area contributed by atoms with E-state index in [1.807, 2.05) is 20.8 Å². The van der Waals surface area contributed by atoms with Crippen LogP contribution in [0.5, 0.6) is 11.5 Å². The maximum Gasteiger partial charge on any atom is 0.125 e. The first-order chi connectivity index (χ1) is 7.54. The second kappa shape index (κ2) is 5.01. The van der Waals surface area contributed by atoms with Gasteiger partial charge < -0.3 is 14.6 Å². The van der Waals surface area contributed by atoms with E-state index >= 15 is 0 Å². The number of carbonyl (C=O) groups excluding carboxylic acids is 1. The molecule has 1 aromatic rings. The number of hydrogen-bond acceptors (Lipinski definition) is 3. The SMILES string of the molecule is COc1c(C)c(C)c(O)c(C)c1CCC=O. The Balaban J connectivity index is 3.38. The number of methoxy groups -OCH3 is 1. The number of hydrogen-bond donors (Lipinski definition) is 1. The van der Waals surface area contributed by atoms with Crippen LogP contribution in [0.2, 0.25) is 0 Å². The Morgan fingerprint density at radius 3 is 2.31 bits per heavy atom. The van der Waals surface area contributed by atoms with Gasteiger partial charge in [0.1, 0.15) is 17.8 Å². The summed E-state index contributed by atoms with van der Waals surface area (Å²) in [7, 11) is 1.61. The predicted octanol–water partition coefficient (Wildman–Crippen LogP) is 2.46. The number of benzene rings is 1. The fraction of sp³-hybridized carbons (Fsp3) is 0.462. The monoisotopic (exact) mass is 222 g/mol. The molecule has 1 aromatic carbocycles. The Morgan fingerprint density at radius 2 is 1.81 bits per heavy atom. The molecule has 3 nitrogen and oxygen atoms in total. The molecular formula is C13H18O3. The van der Waals surface area contributed by atoms with Crippen molar-refractivity contribution in [2.24, 2.45) is 0 Å². The van der Waals surface area contributed by atoms with E-state index in [-0.39, 0.29) is 0 Å². The highest BCUT2D eigenvalue weighted by Gasteiger charge is 2.16. The third-order valence-electron chi connectivity index (χ3n) is 3.06. The number of aldehydes is 1. The van der Waals surface area contributed by atoms with Gasteiger partial charge >= 0.3 is 0 Å². The summed E-state index contributed by atoms with van der Waals surface area (Å²) in [5.41, 5.74) is 3.51. The van der Waals surface area contributed by atoms with Crippen molar-refractivity contribution in [1.29, 1.82) is 0 Å². The molecule has 0 saturated carbocycles. The molecule has 1 N–H and O–H groups in total. The van der Waals surface area contributed by atoms with Gasteiger partial charge in [0.15, 0.2) is 0 Å². The summed E-state index contributed by atoms with van der Waals surface area (Å²) in [5.74, 6) is 1.09. The highest BCUT2D eigenvalue weighted by atomic mass is 16.5. The molecule has 88 valence electrons. The predicted molar refractivity (Wildman–Crippen MR) is 63.3 cm³/mol. The van der Waals surface area contributed by atoms with Crippen molar-refractivity contribution < 1.29 is 14.6 Å². The van der Waals surface area contributed by atoms with Gasteiger partial charge in [-0.1, -0.05) is 0 Å². The van der Waals surface area contributed by atoms with Crippen molar-refractivity contribution in [3.63, 3.8) is 0 Å². The standard InChI is InChI=1S/C13H18O3/c1-8-9(2)13(16-4)11(6-5-7-14)10(3)12(8)15/h7,15H,5-6H2,1-4H3. The first-order valence-electron chi connectivity index (χ1n) is 5.33. The molecule has 0 amide bonds. The highest BCUT2D eigenvalue weighted by Crippen LogP contribution is 2.37. The van der Waals surface area contributed by atoms with Crippen molar-refractivity contribution in [2.45, 2.75) is 33.6 Å². The lowest BCUT2D eigenvalue weighted by atomic mass is 9.95. The van der Waals surface area contributed by atoms with Gasteiger partial charge in [-0.25, -0.2) is 0 Å². The smallest absolute Gasteiger partial charge is 0.125 e. The van der Waals surface area contributed by atoms with Crippen LogP contribution in [-0.4, -0.2) is 18.5 Å². The molecule has 16 heavy (non-hydrogen) atoms. The number of phenolic OH excluding ortho intramolecular Hbond substituents is 1. The molecule has 0 bridgehead atoms. The van der Waals surface area contributed by atoms with Crippen LogP contribution in [0.1, 0.15) is 28.7 Å². The lowest BCUT2D eigenvalue weighted by molar-refractivity contribution is -0.107. The van der Waals surface area contributed by atoms with E-state index in [1.54, 1.807) is 7.11 Å².